The van der Waals surface area contributed by atoms with Gasteiger partial charge >= 0.3 is 6.03 Å². The van der Waals surface area contributed by atoms with E-state index in [0.717, 1.165) is 18.7 Å². The zero-order valence-electron chi connectivity index (χ0n) is 16.8. The normalized spacial score (nSPS) is 15.2. The number of rotatable bonds is 8. The lowest BCUT2D eigenvalue weighted by molar-refractivity contribution is -0.121. The predicted molar refractivity (Wildman–Crippen MR) is 118 cm³/mol. The average molecular weight is 431 g/mol. The average Bonchev–Trinajstić information content (AvgIpc) is 2.76. The third kappa shape index (κ3) is 7.02. The van der Waals surface area contributed by atoms with Crippen molar-refractivity contribution >= 4 is 29.2 Å². The molecule has 1 atom stereocenters. The van der Waals surface area contributed by atoms with E-state index >= 15 is 0 Å². The Morgan fingerprint density at radius 2 is 1.70 bits per heavy atom. The molecule has 8 heteroatoms. The maximum Gasteiger partial charge on any atom is 0.319 e. The van der Waals surface area contributed by atoms with Crippen molar-refractivity contribution in [3.05, 3.63) is 65.2 Å². The molecule has 0 radical (unpaired) electrons. The zero-order chi connectivity index (χ0) is 21.2. The van der Waals surface area contributed by atoms with E-state index in [2.05, 4.69) is 20.9 Å². The molecule has 1 aliphatic heterocycles. The predicted octanol–water partition coefficient (Wildman–Crippen LogP) is 3.04. The van der Waals surface area contributed by atoms with E-state index < -0.39 is 0 Å². The van der Waals surface area contributed by atoms with E-state index in [4.69, 9.17) is 16.3 Å². The minimum absolute atomic E-state index is 0.0458. The summed E-state index contributed by atoms with van der Waals surface area (Å²) in [6, 6.07) is 16.6. The van der Waals surface area contributed by atoms with Crippen LogP contribution in [0.5, 0.6) is 0 Å². The number of carbonyl (C=O) groups is 2. The molecule has 0 spiro atoms. The van der Waals surface area contributed by atoms with Crippen LogP contribution in [0.15, 0.2) is 54.6 Å². The van der Waals surface area contributed by atoms with Gasteiger partial charge in [0.25, 0.3) is 0 Å². The number of hydrogen-bond donors (Lipinski definition) is 3. The van der Waals surface area contributed by atoms with Crippen LogP contribution in [-0.2, 0) is 9.53 Å². The molecule has 1 heterocycles. The molecule has 7 nitrogen and oxygen atoms in total. The first-order chi connectivity index (χ1) is 14.6. The van der Waals surface area contributed by atoms with Crippen LogP contribution in [0.3, 0.4) is 0 Å². The third-order valence-corrected chi connectivity index (χ3v) is 5.16. The maximum absolute atomic E-state index is 12.3. The van der Waals surface area contributed by atoms with Crippen LogP contribution in [-0.4, -0.2) is 56.2 Å². The molecule has 0 aliphatic carbocycles. The van der Waals surface area contributed by atoms with Gasteiger partial charge < -0.3 is 20.7 Å². The number of morpholine rings is 1. The molecule has 1 unspecified atom stereocenters. The molecule has 0 bridgehead atoms. The van der Waals surface area contributed by atoms with Gasteiger partial charge in [-0.3, -0.25) is 9.69 Å². The van der Waals surface area contributed by atoms with E-state index in [1.54, 1.807) is 12.1 Å². The molecule has 1 fully saturated rings. The Balaban J connectivity index is 1.45. The molecule has 3 rings (SSSR count). The lowest BCUT2D eigenvalue weighted by Crippen LogP contribution is -2.44. The first-order valence-electron chi connectivity index (χ1n) is 10.1. The highest BCUT2D eigenvalue weighted by molar-refractivity contribution is 6.30. The molecule has 2 aromatic carbocycles. The second kappa shape index (κ2) is 11.5. The largest absolute Gasteiger partial charge is 0.379 e. The highest BCUT2D eigenvalue weighted by Gasteiger charge is 2.23. The van der Waals surface area contributed by atoms with Crippen molar-refractivity contribution < 1.29 is 14.3 Å². The molecule has 1 saturated heterocycles. The fourth-order valence-electron chi connectivity index (χ4n) is 3.32. The van der Waals surface area contributed by atoms with Gasteiger partial charge in [-0.1, -0.05) is 41.9 Å². The highest BCUT2D eigenvalue weighted by atomic mass is 35.5. The van der Waals surface area contributed by atoms with Crippen molar-refractivity contribution in [1.29, 1.82) is 0 Å². The minimum Gasteiger partial charge on any atom is -0.379 e. The Labute approximate surface area is 181 Å². The van der Waals surface area contributed by atoms with Gasteiger partial charge in [0, 0.05) is 43.3 Å². The van der Waals surface area contributed by atoms with E-state index in [1.165, 1.54) is 0 Å². The van der Waals surface area contributed by atoms with Gasteiger partial charge in [-0.15, -0.1) is 0 Å². The van der Waals surface area contributed by atoms with Crippen molar-refractivity contribution in [2.24, 2.45) is 0 Å². The number of anilines is 1. The molecule has 30 heavy (non-hydrogen) atoms. The van der Waals surface area contributed by atoms with Crippen molar-refractivity contribution in [3.63, 3.8) is 0 Å². The maximum atomic E-state index is 12.3. The van der Waals surface area contributed by atoms with Crippen molar-refractivity contribution in [3.8, 4) is 0 Å². The van der Waals surface area contributed by atoms with Crippen LogP contribution < -0.4 is 16.0 Å². The number of para-hydroxylation sites is 1. The summed E-state index contributed by atoms with van der Waals surface area (Å²) in [7, 11) is 0. The summed E-state index contributed by atoms with van der Waals surface area (Å²) in [5.74, 6) is -0.109. The number of nitrogens with zero attached hydrogens (tertiary/aromatic N) is 1. The van der Waals surface area contributed by atoms with Crippen LogP contribution in [0.2, 0.25) is 5.02 Å². The number of amides is 3. The number of benzene rings is 2. The summed E-state index contributed by atoms with van der Waals surface area (Å²) in [5.41, 5.74) is 1.80. The molecule has 0 saturated carbocycles. The molecule has 3 N–H and O–H groups in total. The smallest absolute Gasteiger partial charge is 0.319 e. The quantitative estimate of drug-likeness (QED) is 0.601. The van der Waals surface area contributed by atoms with E-state index in [-0.39, 0.29) is 30.9 Å². The summed E-state index contributed by atoms with van der Waals surface area (Å²) in [5, 5.41) is 9.10. The highest BCUT2D eigenvalue weighted by Crippen LogP contribution is 2.23. The van der Waals surface area contributed by atoms with Crippen molar-refractivity contribution in [2.75, 3.05) is 44.7 Å². The lowest BCUT2D eigenvalue weighted by atomic mass is 10.0. The van der Waals surface area contributed by atoms with Crippen molar-refractivity contribution in [1.82, 2.24) is 15.5 Å². The number of carbonyl (C=O) groups excluding carboxylic acids is 2. The number of urea groups is 1. The van der Waals surface area contributed by atoms with Crippen LogP contribution in [0.1, 0.15) is 18.0 Å². The molecule has 160 valence electrons. The number of halogens is 1. The van der Waals surface area contributed by atoms with Gasteiger partial charge in [0.2, 0.25) is 5.91 Å². The zero-order valence-corrected chi connectivity index (χ0v) is 17.5. The van der Waals surface area contributed by atoms with Gasteiger partial charge in [-0.25, -0.2) is 4.79 Å². The standard InChI is InChI=1S/C22H27ClN4O3/c23-18-8-6-17(7-9-18)20(27-12-14-30-15-13-27)16-25-21(28)10-11-24-22(29)26-19-4-2-1-3-5-19/h1-9,20H,10-16H2,(H,25,28)(H2,24,26,29). The fraction of sp³-hybridized carbons (Fsp3) is 0.364. The molecule has 1 aliphatic rings. The van der Waals surface area contributed by atoms with E-state index in [1.807, 2.05) is 42.5 Å². The lowest BCUT2D eigenvalue weighted by Gasteiger charge is -2.35. The Kier molecular flexibility index (Phi) is 8.50. The third-order valence-electron chi connectivity index (χ3n) is 4.90. The van der Waals surface area contributed by atoms with Crippen molar-refractivity contribution in [2.45, 2.75) is 12.5 Å². The summed E-state index contributed by atoms with van der Waals surface area (Å²) in [6.07, 6.45) is 0.207. The first-order valence-corrected chi connectivity index (χ1v) is 10.4. The number of ether oxygens (including phenoxy) is 1. The second-order valence-corrected chi connectivity index (χ2v) is 7.45. The van der Waals surface area contributed by atoms with Gasteiger partial charge in [-0.2, -0.15) is 0 Å². The fourth-order valence-corrected chi connectivity index (χ4v) is 3.44. The summed E-state index contributed by atoms with van der Waals surface area (Å²) < 4.78 is 5.45. The molecule has 0 aromatic heterocycles. The van der Waals surface area contributed by atoms with Crippen LogP contribution >= 0.6 is 11.6 Å². The number of nitrogens with one attached hydrogen (secondary N) is 3. The molecular weight excluding hydrogens is 404 g/mol. The molecule has 3 amide bonds. The Morgan fingerprint density at radius 1 is 1.00 bits per heavy atom. The van der Waals surface area contributed by atoms with Crippen LogP contribution in [0, 0.1) is 0 Å². The second-order valence-electron chi connectivity index (χ2n) is 7.02. The van der Waals surface area contributed by atoms with Crippen LogP contribution in [0.25, 0.3) is 0 Å². The van der Waals surface area contributed by atoms with E-state index in [0.29, 0.717) is 30.5 Å². The summed E-state index contributed by atoms with van der Waals surface area (Å²) >= 11 is 6.02. The number of hydrogen-bond acceptors (Lipinski definition) is 4. The summed E-state index contributed by atoms with van der Waals surface area (Å²) in [6.45, 7) is 3.72. The molecule has 2 aromatic rings. The first kappa shape index (κ1) is 22.1. The Bertz CT molecular complexity index is 811. The van der Waals surface area contributed by atoms with E-state index in [9.17, 15) is 9.59 Å². The van der Waals surface area contributed by atoms with Gasteiger partial charge in [-0.05, 0) is 29.8 Å². The Morgan fingerprint density at radius 3 is 2.40 bits per heavy atom. The van der Waals surface area contributed by atoms with Crippen LogP contribution in [0.4, 0.5) is 10.5 Å². The molecular formula is C22H27ClN4O3. The summed E-state index contributed by atoms with van der Waals surface area (Å²) in [4.78, 5) is 26.5. The van der Waals surface area contributed by atoms with Gasteiger partial charge in [0.15, 0.2) is 0 Å². The van der Waals surface area contributed by atoms with Gasteiger partial charge in [0.1, 0.15) is 0 Å². The Hall–Kier alpha value is -2.61. The SMILES string of the molecule is O=C(CCNC(=O)Nc1ccccc1)NCC(c1ccc(Cl)cc1)N1CCOCC1. The van der Waals surface area contributed by atoms with Gasteiger partial charge in [0.05, 0.1) is 19.3 Å². The topological polar surface area (TPSA) is 82.7 Å². The minimum atomic E-state index is -0.332. The monoisotopic (exact) mass is 430 g/mol.